The van der Waals surface area contributed by atoms with Crippen LogP contribution in [0, 0.1) is 18.7 Å². The summed E-state index contributed by atoms with van der Waals surface area (Å²) in [6.07, 6.45) is 10.9. The molecule has 0 unspecified atom stereocenters. The molecule has 0 saturated carbocycles. The second-order valence-electron chi connectivity index (χ2n) is 12.3. The molecule has 2 aromatic heterocycles. The molecule has 1 amide bonds. The van der Waals surface area contributed by atoms with E-state index in [4.69, 9.17) is 4.74 Å². The van der Waals surface area contributed by atoms with Gasteiger partial charge in [0.1, 0.15) is 16.9 Å². The number of anilines is 1. The molecule has 9 nitrogen and oxygen atoms in total. The molecule has 1 aliphatic heterocycles. The van der Waals surface area contributed by atoms with E-state index in [1.807, 2.05) is 73.8 Å². The molecule has 294 valence electrons. The monoisotopic (exact) mass is 737 g/mol. The van der Waals surface area contributed by atoms with Gasteiger partial charge in [-0.15, -0.1) is 0 Å². The van der Waals surface area contributed by atoms with Crippen molar-refractivity contribution >= 4 is 41.1 Å². The Morgan fingerprint density at radius 3 is 2.06 bits per heavy atom. The zero-order valence-corrected chi connectivity index (χ0v) is 35.6. The van der Waals surface area contributed by atoms with Gasteiger partial charge in [-0.1, -0.05) is 61.3 Å². The van der Waals surface area contributed by atoms with E-state index in [2.05, 4.69) is 65.5 Å². The van der Waals surface area contributed by atoms with E-state index in [1.54, 1.807) is 31.0 Å². The Kier molecular flexibility index (Phi) is 31.2. The highest BCUT2D eigenvalue weighted by atomic mass is 32.1. The normalized spacial score (nSPS) is 11.4. The molecule has 1 fully saturated rings. The number of rotatable bonds is 9. The molecule has 0 aliphatic carbocycles. The number of Topliss-reactive ketones (excluding diaryl/α,β-unsaturated/α-hetero) is 1. The van der Waals surface area contributed by atoms with Crippen LogP contribution in [0.15, 0.2) is 30.6 Å². The van der Waals surface area contributed by atoms with Crippen LogP contribution in [0.5, 0.6) is 0 Å². The smallest absolute Gasteiger partial charge is 0.407 e. The van der Waals surface area contributed by atoms with Gasteiger partial charge in [-0.25, -0.2) is 9.18 Å². The highest BCUT2D eigenvalue weighted by molar-refractivity contribution is 7.79. The molecule has 11 heteroatoms. The van der Waals surface area contributed by atoms with Crippen LogP contribution in [-0.4, -0.2) is 65.2 Å². The fourth-order valence-corrected chi connectivity index (χ4v) is 4.93. The molecule has 1 aliphatic rings. The van der Waals surface area contributed by atoms with Crippen molar-refractivity contribution in [3.8, 4) is 0 Å². The average Bonchev–Trinajstić information content (AvgIpc) is 3.46. The maximum atomic E-state index is 13.5. The molecule has 0 spiro atoms. The zero-order valence-electron chi connectivity index (χ0n) is 34.7. The number of nitrogens with two attached hydrogens (primary N) is 1. The fraction of sp³-hybridized carbons (Fsp3) is 0.650. The van der Waals surface area contributed by atoms with Crippen molar-refractivity contribution in [1.82, 2.24) is 20.1 Å². The highest BCUT2D eigenvalue weighted by Gasteiger charge is 2.29. The van der Waals surface area contributed by atoms with E-state index in [1.165, 1.54) is 18.3 Å². The summed E-state index contributed by atoms with van der Waals surface area (Å²) in [5, 5.41) is 7.80. The molecule has 3 aromatic rings. The van der Waals surface area contributed by atoms with E-state index in [0.29, 0.717) is 18.0 Å². The second kappa shape index (κ2) is 30.4. The number of pyridine rings is 1. The van der Waals surface area contributed by atoms with E-state index in [9.17, 15) is 14.0 Å². The van der Waals surface area contributed by atoms with E-state index < -0.39 is 5.60 Å². The van der Waals surface area contributed by atoms with Crippen LogP contribution in [0.25, 0.3) is 10.9 Å². The van der Waals surface area contributed by atoms with Gasteiger partial charge in [0.05, 0.1) is 0 Å². The summed E-state index contributed by atoms with van der Waals surface area (Å²) in [6, 6.07) is 5.70. The Balaban J connectivity index is -0.000000699. The summed E-state index contributed by atoms with van der Waals surface area (Å²) < 4.78 is 20.4. The van der Waals surface area contributed by atoms with Crippen molar-refractivity contribution < 1.29 is 18.7 Å². The third-order valence-electron chi connectivity index (χ3n) is 6.86. The summed E-state index contributed by atoms with van der Waals surface area (Å²) in [6.45, 7) is 26.2. The number of ether oxygens (including phenoxy) is 1. The lowest BCUT2D eigenvalue weighted by atomic mass is 9.96. The first kappa shape index (κ1) is 52.2. The van der Waals surface area contributed by atoms with Crippen LogP contribution in [0.3, 0.4) is 0 Å². The Bertz CT molecular complexity index is 1340. The number of nitrogens with one attached hydrogen (secondary N) is 1. The van der Waals surface area contributed by atoms with Crippen molar-refractivity contribution in [2.45, 2.75) is 127 Å². The SMILES string of the molecule is CC.CC.CCCC(C)=O.CCCc1c(N2CC(CNC(=O)OC(C)(C)C)C2)ccnc1C.CCCc1cc(F)c2nn(C)cc2c1.CN.CS. The number of thiol groups is 1. The van der Waals surface area contributed by atoms with Crippen LogP contribution in [0.4, 0.5) is 14.9 Å². The largest absolute Gasteiger partial charge is 0.444 e. The second-order valence-corrected chi connectivity index (χ2v) is 12.3. The van der Waals surface area contributed by atoms with Gasteiger partial charge in [0.2, 0.25) is 0 Å². The number of hydrogen-bond donors (Lipinski definition) is 3. The molecule has 4 rings (SSSR count). The molecular weight excluding hydrogens is 664 g/mol. The van der Waals surface area contributed by atoms with Crippen molar-refractivity contribution in [3.63, 3.8) is 0 Å². The first-order valence-electron chi connectivity index (χ1n) is 18.6. The molecule has 1 aromatic carbocycles. The third kappa shape index (κ3) is 21.7. The van der Waals surface area contributed by atoms with Crippen molar-refractivity contribution in [2.75, 3.05) is 37.8 Å². The Morgan fingerprint density at radius 1 is 1.02 bits per heavy atom. The molecule has 51 heavy (non-hydrogen) atoms. The number of benzene rings is 1. The number of alkyl carbamates (subject to hydrolysis) is 1. The molecule has 1 saturated heterocycles. The van der Waals surface area contributed by atoms with Crippen LogP contribution >= 0.6 is 12.6 Å². The number of hydrogen-bond acceptors (Lipinski definition) is 8. The minimum absolute atomic E-state index is 0.216. The average molecular weight is 737 g/mol. The number of ketones is 1. The van der Waals surface area contributed by atoms with Gasteiger partial charge in [-0.3, -0.25) is 9.67 Å². The minimum Gasteiger partial charge on any atom is -0.444 e. The Hall–Kier alpha value is -3.18. The summed E-state index contributed by atoms with van der Waals surface area (Å²) in [4.78, 5) is 28.5. The minimum atomic E-state index is -0.445. The number of carbonyl (C=O) groups excluding carboxylic acids is 2. The summed E-state index contributed by atoms with van der Waals surface area (Å²) in [5.41, 5.74) is 9.35. The Labute approximate surface area is 316 Å². The zero-order chi connectivity index (χ0) is 40.2. The number of aryl methyl sites for hydroxylation is 3. The maximum Gasteiger partial charge on any atom is 0.407 e. The number of halogens is 1. The van der Waals surface area contributed by atoms with Gasteiger partial charge in [-0.2, -0.15) is 17.7 Å². The molecule has 3 heterocycles. The van der Waals surface area contributed by atoms with Gasteiger partial charge in [0.25, 0.3) is 0 Å². The van der Waals surface area contributed by atoms with Crippen LogP contribution in [-0.2, 0) is 29.4 Å². The van der Waals surface area contributed by atoms with Crippen molar-refractivity contribution in [1.29, 1.82) is 0 Å². The number of fused-ring (bicyclic) bond motifs is 1. The number of carbonyl (C=O) groups is 2. The first-order valence-corrected chi connectivity index (χ1v) is 19.5. The van der Waals surface area contributed by atoms with Crippen LogP contribution in [0.1, 0.15) is 119 Å². The quantitative estimate of drug-likeness (QED) is 0.188. The summed E-state index contributed by atoms with van der Waals surface area (Å²) in [7, 11) is 3.30. The van der Waals surface area contributed by atoms with Gasteiger partial charge in [-0.05, 0) is 96.5 Å². The lowest BCUT2D eigenvalue weighted by Gasteiger charge is -2.42. The van der Waals surface area contributed by atoms with Crippen molar-refractivity contribution in [2.24, 2.45) is 18.7 Å². The third-order valence-corrected chi connectivity index (χ3v) is 6.86. The highest BCUT2D eigenvalue weighted by Crippen LogP contribution is 2.29. The number of amides is 1. The van der Waals surface area contributed by atoms with E-state index in [0.717, 1.165) is 68.3 Å². The first-order chi connectivity index (χ1) is 24.3. The molecule has 0 atom stereocenters. The van der Waals surface area contributed by atoms with E-state index >= 15 is 0 Å². The molecule has 3 N–H and O–H groups in total. The van der Waals surface area contributed by atoms with Gasteiger partial charge < -0.3 is 25.5 Å². The predicted octanol–water partition coefficient (Wildman–Crippen LogP) is 9.52. The lowest BCUT2D eigenvalue weighted by Crippen LogP contribution is -2.52. The molecular formula is C40H73FN6O3S. The van der Waals surface area contributed by atoms with Crippen molar-refractivity contribution in [3.05, 3.63) is 53.2 Å². The number of aromatic nitrogens is 3. The molecule has 0 radical (unpaired) electrons. The fourth-order valence-electron chi connectivity index (χ4n) is 4.93. The van der Waals surface area contributed by atoms with Gasteiger partial charge >= 0.3 is 6.09 Å². The lowest BCUT2D eigenvalue weighted by molar-refractivity contribution is -0.117. The summed E-state index contributed by atoms with van der Waals surface area (Å²) in [5.74, 6) is 0.550. The maximum absolute atomic E-state index is 13.5. The number of nitrogens with zero attached hydrogens (tertiary/aromatic N) is 4. The topological polar surface area (TPSA) is 115 Å². The summed E-state index contributed by atoms with van der Waals surface area (Å²) >= 11 is 3.53. The standard InChI is InChI=1S/C18H29N3O2.C11H13FN2.C5H10O.2C2H6.CH5N.CH4S/c1-6-7-15-13(2)19-9-8-16(15)21-11-14(12-21)10-20-17(22)23-18(3,4)5;1-3-4-8-5-9-7-14(2)13-11(9)10(12)6-8;1-3-4-5(2)6;4*1-2/h8-9,14H,6-7,10-12H2,1-5H3,(H,20,22);5-7H,3-4H2,1-2H3;3-4H2,1-2H3;2*1-2H3;2H2,1H3;2H,1H3. The van der Waals surface area contributed by atoms with Gasteiger partial charge in [0.15, 0.2) is 5.82 Å². The Morgan fingerprint density at radius 2 is 1.59 bits per heavy atom. The van der Waals surface area contributed by atoms with Crippen LogP contribution < -0.4 is 16.0 Å². The molecule has 0 bridgehead atoms. The van der Waals surface area contributed by atoms with Gasteiger partial charge in [0, 0.05) is 68.2 Å². The van der Waals surface area contributed by atoms with Crippen LogP contribution in [0.2, 0.25) is 0 Å². The van der Waals surface area contributed by atoms with E-state index in [-0.39, 0.29) is 17.7 Å². The predicted molar refractivity (Wildman–Crippen MR) is 221 cm³/mol.